The van der Waals surface area contributed by atoms with E-state index in [0.717, 1.165) is 10.8 Å². The monoisotopic (exact) mass is 528 g/mol. The lowest BCUT2D eigenvalue weighted by atomic mass is 9.95. The maximum absolute atomic E-state index is 13.3. The highest BCUT2D eigenvalue weighted by atomic mass is 19.4. The van der Waals surface area contributed by atoms with Crippen LogP contribution < -0.4 is 20.5 Å². The first-order chi connectivity index (χ1) is 18.1. The van der Waals surface area contributed by atoms with Crippen LogP contribution in [0.1, 0.15) is 65.2 Å². The highest BCUT2D eigenvalue weighted by Crippen LogP contribution is 2.37. The summed E-state index contributed by atoms with van der Waals surface area (Å²) in [5, 5.41) is 15.3. The molecule has 0 saturated carbocycles. The molecule has 198 valence electrons. The SMILES string of the molecule is COc1ccc(-c2nc(C(=O)NC3CCCc4c3ncc[n+]4[O-])c([C@H](C)N)o2)c2ccc(C(F)(F)F)nc12. The van der Waals surface area contributed by atoms with Crippen LogP contribution >= 0.6 is 0 Å². The van der Waals surface area contributed by atoms with E-state index in [-0.39, 0.29) is 34.0 Å². The van der Waals surface area contributed by atoms with Crippen molar-refractivity contribution in [1.29, 1.82) is 0 Å². The number of benzene rings is 1. The summed E-state index contributed by atoms with van der Waals surface area (Å²) in [6.45, 7) is 1.61. The number of nitrogens with zero attached hydrogens (tertiary/aromatic N) is 4. The van der Waals surface area contributed by atoms with Gasteiger partial charge in [0.25, 0.3) is 5.91 Å². The molecule has 1 unspecified atom stereocenters. The van der Waals surface area contributed by atoms with Crippen LogP contribution in [0.25, 0.3) is 22.4 Å². The second kappa shape index (κ2) is 9.56. The van der Waals surface area contributed by atoms with Gasteiger partial charge >= 0.3 is 6.18 Å². The second-order valence-electron chi connectivity index (χ2n) is 8.93. The van der Waals surface area contributed by atoms with Gasteiger partial charge in [0, 0.05) is 17.4 Å². The van der Waals surface area contributed by atoms with Crippen LogP contribution in [0.5, 0.6) is 5.75 Å². The summed E-state index contributed by atoms with van der Waals surface area (Å²) < 4.78 is 51.7. The van der Waals surface area contributed by atoms with Crippen molar-refractivity contribution in [1.82, 2.24) is 20.3 Å². The number of nitrogens with one attached hydrogen (secondary N) is 1. The Hall–Kier alpha value is -4.26. The maximum atomic E-state index is 13.3. The van der Waals surface area contributed by atoms with Gasteiger partial charge in [-0.2, -0.15) is 17.9 Å². The van der Waals surface area contributed by atoms with Gasteiger partial charge in [-0.25, -0.2) is 15.0 Å². The zero-order valence-electron chi connectivity index (χ0n) is 20.4. The summed E-state index contributed by atoms with van der Waals surface area (Å²) in [6.07, 6.45) is -0.153. The number of carbonyl (C=O) groups excluding carboxylic acids is 1. The molecule has 4 aromatic rings. The van der Waals surface area contributed by atoms with E-state index in [1.54, 1.807) is 13.0 Å². The number of methoxy groups -OCH3 is 1. The van der Waals surface area contributed by atoms with Crippen molar-refractivity contribution in [3.63, 3.8) is 0 Å². The van der Waals surface area contributed by atoms with Gasteiger partial charge in [0.1, 0.15) is 22.7 Å². The number of pyridine rings is 1. The number of aromatic nitrogens is 4. The van der Waals surface area contributed by atoms with E-state index >= 15 is 0 Å². The van der Waals surface area contributed by atoms with Gasteiger partial charge in [-0.15, -0.1) is 0 Å². The van der Waals surface area contributed by atoms with Gasteiger partial charge in [0.2, 0.25) is 11.6 Å². The Morgan fingerprint density at radius 3 is 2.79 bits per heavy atom. The predicted octanol–water partition coefficient (Wildman–Crippen LogP) is 3.77. The Labute approximate surface area is 214 Å². The molecule has 0 bridgehead atoms. The smallest absolute Gasteiger partial charge is 0.433 e. The number of rotatable bonds is 5. The van der Waals surface area contributed by atoms with Crippen LogP contribution in [0.3, 0.4) is 0 Å². The van der Waals surface area contributed by atoms with Gasteiger partial charge in [-0.05, 0) is 44.0 Å². The fraction of sp³-hybridized carbons (Fsp3) is 0.320. The Bertz CT molecular complexity index is 1540. The number of oxazole rings is 1. The number of halogens is 3. The molecular formula is C25H23F3N6O4. The number of fused-ring (bicyclic) bond motifs is 2. The highest BCUT2D eigenvalue weighted by molar-refractivity contribution is 5.98. The third-order valence-electron chi connectivity index (χ3n) is 6.36. The van der Waals surface area contributed by atoms with E-state index in [1.165, 1.54) is 31.6 Å². The minimum atomic E-state index is -4.65. The van der Waals surface area contributed by atoms with Gasteiger partial charge in [-0.3, -0.25) is 4.79 Å². The van der Waals surface area contributed by atoms with Gasteiger partial charge < -0.3 is 25.4 Å². The van der Waals surface area contributed by atoms with Crippen LogP contribution in [0, 0.1) is 5.21 Å². The van der Waals surface area contributed by atoms with Crippen molar-refractivity contribution < 1.29 is 31.9 Å². The molecule has 13 heteroatoms. The summed E-state index contributed by atoms with van der Waals surface area (Å²) in [6, 6.07) is 3.87. The summed E-state index contributed by atoms with van der Waals surface area (Å²) >= 11 is 0. The molecule has 3 N–H and O–H groups in total. The average Bonchev–Trinajstić information content (AvgIpc) is 3.34. The first-order valence-corrected chi connectivity index (χ1v) is 11.8. The Morgan fingerprint density at radius 2 is 2.08 bits per heavy atom. The fourth-order valence-corrected chi connectivity index (χ4v) is 4.58. The minimum absolute atomic E-state index is 0.0174. The zero-order valence-corrected chi connectivity index (χ0v) is 20.4. The molecule has 0 fully saturated rings. The molecule has 3 heterocycles. The van der Waals surface area contributed by atoms with E-state index in [0.29, 0.717) is 36.2 Å². The molecule has 1 aliphatic carbocycles. The fourth-order valence-electron chi connectivity index (χ4n) is 4.58. The molecule has 0 saturated heterocycles. The molecule has 1 amide bonds. The van der Waals surface area contributed by atoms with E-state index in [9.17, 15) is 23.2 Å². The number of hydrogen-bond acceptors (Lipinski definition) is 8. The molecule has 1 aromatic carbocycles. The lowest BCUT2D eigenvalue weighted by Gasteiger charge is -2.23. The lowest BCUT2D eigenvalue weighted by Crippen LogP contribution is -2.40. The van der Waals surface area contributed by atoms with Crippen LogP contribution in [0.15, 0.2) is 41.1 Å². The number of alkyl halides is 3. The normalized spacial score (nSPS) is 16.2. The van der Waals surface area contributed by atoms with Crippen molar-refractivity contribution in [3.8, 4) is 17.2 Å². The average molecular weight is 528 g/mol. The van der Waals surface area contributed by atoms with Crippen molar-refractivity contribution in [2.24, 2.45) is 5.73 Å². The topological polar surface area (TPSA) is 143 Å². The minimum Gasteiger partial charge on any atom is -0.618 e. The molecule has 1 aliphatic rings. The number of hydrogen-bond donors (Lipinski definition) is 2. The zero-order chi connectivity index (χ0) is 27.2. The van der Waals surface area contributed by atoms with Gasteiger partial charge in [0.05, 0.1) is 25.4 Å². The van der Waals surface area contributed by atoms with Crippen molar-refractivity contribution in [2.75, 3.05) is 7.11 Å². The summed E-state index contributed by atoms with van der Waals surface area (Å²) in [4.78, 5) is 25.8. The third kappa shape index (κ3) is 4.49. The molecular weight excluding hydrogens is 505 g/mol. The van der Waals surface area contributed by atoms with E-state index in [2.05, 4.69) is 20.3 Å². The van der Waals surface area contributed by atoms with Crippen molar-refractivity contribution in [2.45, 2.75) is 44.4 Å². The van der Waals surface area contributed by atoms with Gasteiger partial charge in [0.15, 0.2) is 17.7 Å². The summed E-state index contributed by atoms with van der Waals surface area (Å²) in [7, 11) is 1.32. The lowest BCUT2D eigenvalue weighted by molar-refractivity contribution is -0.615. The third-order valence-corrected chi connectivity index (χ3v) is 6.36. The maximum Gasteiger partial charge on any atom is 0.433 e. The van der Waals surface area contributed by atoms with Crippen LogP contribution in [-0.2, 0) is 12.6 Å². The van der Waals surface area contributed by atoms with Gasteiger partial charge in [-0.1, -0.05) is 0 Å². The second-order valence-corrected chi connectivity index (χ2v) is 8.93. The number of amides is 1. The highest BCUT2D eigenvalue weighted by Gasteiger charge is 2.34. The number of carbonyl (C=O) groups is 1. The van der Waals surface area contributed by atoms with E-state index in [1.807, 2.05) is 0 Å². The molecule has 2 atom stereocenters. The first kappa shape index (κ1) is 25.4. The Morgan fingerprint density at radius 1 is 1.29 bits per heavy atom. The standard InChI is InChI=1S/C25H23F3N6O4/c1-12(29)22-21(23(35)31-15-4-3-5-16-20(15)30-10-11-34(16)36)33-24(38-22)14-6-8-17(37-2)19-13(14)7-9-18(32-19)25(26,27)28/h6-12,15H,3-5,29H2,1-2H3,(H,31,35)/t12-,15?/m0/s1. The first-order valence-electron chi connectivity index (χ1n) is 11.8. The molecule has 0 radical (unpaired) electrons. The van der Waals surface area contributed by atoms with Crippen LogP contribution in [-0.4, -0.2) is 28.0 Å². The van der Waals surface area contributed by atoms with E-state index in [4.69, 9.17) is 14.9 Å². The quantitative estimate of drug-likeness (QED) is 0.294. The predicted molar refractivity (Wildman–Crippen MR) is 128 cm³/mol. The molecule has 3 aromatic heterocycles. The van der Waals surface area contributed by atoms with Crippen molar-refractivity contribution in [3.05, 3.63) is 70.4 Å². The Kier molecular flexibility index (Phi) is 6.39. The largest absolute Gasteiger partial charge is 0.618 e. The summed E-state index contributed by atoms with van der Waals surface area (Å²) in [5.41, 5.74) is 6.17. The van der Waals surface area contributed by atoms with Crippen LogP contribution in [0.4, 0.5) is 13.2 Å². The van der Waals surface area contributed by atoms with E-state index < -0.39 is 29.9 Å². The number of nitrogens with two attached hydrogens (primary N) is 1. The molecule has 5 rings (SSSR count). The molecule has 10 nitrogen and oxygen atoms in total. The summed E-state index contributed by atoms with van der Waals surface area (Å²) in [5.74, 6) is -0.372. The molecule has 0 spiro atoms. The molecule has 0 aliphatic heterocycles. The van der Waals surface area contributed by atoms with Crippen molar-refractivity contribution >= 4 is 16.8 Å². The van der Waals surface area contributed by atoms with Crippen LogP contribution in [0.2, 0.25) is 0 Å². The number of ether oxygens (including phenoxy) is 1. The Balaban J connectivity index is 1.55. The molecule has 38 heavy (non-hydrogen) atoms.